The van der Waals surface area contributed by atoms with Crippen LogP contribution in [0.5, 0.6) is 5.75 Å². The van der Waals surface area contributed by atoms with Gasteiger partial charge in [0, 0.05) is 16.6 Å². The Morgan fingerprint density at radius 2 is 2.21 bits per heavy atom. The van der Waals surface area contributed by atoms with Crippen molar-refractivity contribution in [3.63, 3.8) is 0 Å². The second kappa shape index (κ2) is 9.19. The van der Waals surface area contributed by atoms with Crippen molar-refractivity contribution < 1.29 is 4.74 Å². The maximum atomic E-state index is 5.74. The predicted molar refractivity (Wildman–Crippen MR) is 94.3 cm³/mol. The lowest BCUT2D eigenvalue weighted by Crippen LogP contribution is -2.32. The Labute approximate surface area is 139 Å². The van der Waals surface area contributed by atoms with Gasteiger partial charge in [0.05, 0.1) is 13.7 Å². The summed E-state index contributed by atoms with van der Waals surface area (Å²) in [5.41, 5.74) is 7.73. The molecule has 0 aliphatic heterocycles. The normalized spacial score (nSPS) is 10.6. The van der Waals surface area contributed by atoms with Gasteiger partial charge in [0.25, 0.3) is 0 Å². The molecule has 0 amide bonds. The number of rotatable bonds is 5. The van der Waals surface area contributed by atoms with E-state index in [2.05, 4.69) is 32.8 Å². The second-order valence-corrected chi connectivity index (χ2v) is 4.88. The minimum atomic E-state index is 0. The average molecular weight is 440 g/mol. The molecule has 106 valence electrons. The predicted octanol–water partition coefficient (Wildman–Crippen LogP) is 3.06. The zero-order chi connectivity index (χ0) is 13.5. The number of methoxy groups -OCH3 is 1. The molecule has 0 aliphatic carbocycles. The highest BCUT2D eigenvalue weighted by molar-refractivity contribution is 14.0. The van der Waals surface area contributed by atoms with Gasteiger partial charge in [-0.3, -0.25) is 0 Å². The van der Waals surface area contributed by atoms with Crippen molar-refractivity contribution in [3.05, 3.63) is 40.4 Å². The quantitative estimate of drug-likeness (QED) is 0.321. The smallest absolute Gasteiger partial charge is 0.189 e. The van der Waals surface area contributed by atoms with Crippen LogP contribution < -0.4 is 15.8 Å². The third-order valence-corrected chi connectivity index (χ3v) is 2.73. The van der Waals surface area contributed by atoms with Crippen molar-refractivity contribution in [3.8, 4) is 5.75 Å². The topological polar surface area (TPSA) is 59.6 Å². The maximum absolute atomic E-state index is 5.74. The van der Waals surface area contributed by atoms with Crippen LogP contribution in [0.25, 0.3) is 0 Å². The Bertz CT molecular complexity index is 463. The number of hydrogen-bond donors (Lipinski definition) is 2. The van der Waals surface area contributed by atoms with Gasteiger partial charge in [-0.15, -0.1) is 24.0 Å². The van der Waals surface area contributed by atoms with Gasteiger partial charge < -0.3 is 15.8 Å². The van der Waals surface area contributed by atoms with Crippen LogP contribution in [0.1, 0.15) is 12.5 Å². The van der Waals surface area contributed by atoms with Crippen LogP contribution in [-0.4, -0.2) is 19.6 Å². The minimum absolute atomic E-state index is 0. The number of halogens is 2. The van der Waals surface area contributed by atoms with Gasteiger partial charge in [-0.2, -0.15) is 0 Å². The highest BCUT2D eigenvalue weighted by Gasteiger charge is 2.03. The van der Waals surface area contributed by atoms with Crippen molar-refractivity contribution in [2.45, 2.75) is 13.5 Å². The first-order valence-electron chi connectivity index (χ1n) is 5.53. The van der Waals surface area contributed by atoms with Crippen LogP contribution in [0.4, 0.5) is 0 Å². The number of aliphatic imine (C=N–C) groups is 1. The van der Waals surface area contributed by atoms with E-state index >= 15 is 0 Å². The first-order valence-corrected chi connectivity index (χ1v) is 6.33. The summed E-state index contributed by atoms with van der Waals surface area (Å²) >= 11 is 3.40. The van der Waals surface area contributed by atoms with Crippen LogP contribution in [0, 0.1) is 0 Å². The van der Waals surface area contributed by atoms with Gasteiger partial charge in [-0.05, 0) is 19.1 Å². The van der Waals surface area contributed by atoms with E-state index in [-0.39, 0.29) is 24.0 Å². The van der Waals surface area contributed by atoms with Gasteiger partial charge in [-0.25, -0.2) is 4.99 Å². The number of nitrogens with two attached hydrogens (primary N) is 1. The first kappa shape index (κ1) is 18.2. The fraction of sp³-hybridized carbons (Fsp3) is 0.308. The lowest BCUT2D eigenvalue weighted by atomic mass is 10.2. The maximum Gasteiger partial charge on any atom is 0.189 e. The van der Waals surface area contributed by atoms with E-state index < -0.39 is 0 Å². The van der Waals surface area contributed by atoms with E-state index in [1.165, 1.54) is 0 Å². The number of guanidine groups is 1. The van der Waals surface area contributed by atoms with E-state index in [0.717, 1.165) is 21.4 Å². The summed E-state index contributed by atoms with van der Waals surface area (Å²) in [5.74, 6) is 1.20. The molecule has 19 heavy (non-hydrogen) atoms. The molecule has 0 aliphatic rings. The number of nitrogens with zero attached hydrogens (tertiary/aromatic N) is 1. The summed E-state index contributed by atoms with van der Waals surface area (Å²) in [6.45, 7) is 6.82. The molecule has 0 unspecified atom stereocenters. The molecular weight excluding hydrogens is 421 g/mol. The van der Waals surface area contributed by atoms with E-state index in [4.69, 9.17) is 10.5 Å². The van der Waals surface area contributed by atoms with Crippen molar-refractivity contribution in [2.75, 3.05) is 13.7 Å². The summed E-state index contributed by atoms with van der Waals surface area (Å²) in [4.78, 5) is 4.25. The van der Waals surface area contributed by atoms with Crippen LogP contribution in [0.2, 0.25) is 0 Å². The Morgan fingerprint density at radius 3 is 2.79 bits per heavy atom. The molecule has 0 saturated heterocycles. The SMILES string of the molecule is C=C(C)CNC(N)=NCc1ccc(Br)cc1OC.I. The summed E-state index contributed by atoms with van der Waals surface area (Å²) in [6, 6.07) is 5.81. The molecule has 0 radical (unpaired) electrons. The molecule has 1 aromatic rings. The van der Waals surface area contributed by atoms with Gasteiger partial charge in [0.15, 0.2) is 5.96 Å². The molecule has 0 aromatic heterocycles. The lowest BCUT2D eigenvalue weighted by molar-refractivity contribution is 0.409. The van der Waals surface area contributed by atoms with E-state index in [1.54, 1.807) is 7.11 Å². The molecule has 4 nitrogen and oxygen atoms in total. The monoisotopic (exact) mass is 439 g/mol. The van der Waals surface area contributed by atoms with E-state index in [9.17, 15) is 0 Å². The molecule has 1 aromatic carbocycles. The summed E-state index contributed by atoms with van der Waals surface area (Å²) in [5, 5.41) is 2.98. The molecule has 0 bridgehead atoms. The van der Waals surface area contributed by atoms with Gasteiger partial charge >= 0.3 is 0 Å². The number of ether oxygens (including phenoxy) is 1. The minimum Gasteiger partial charge on any atom is -0.496 e. The van der Waals surface area contributed by atoms with Gasteiger partial charge in [0.1, 0.15) is 5.75 Å². The Hall–Kier alpha value is -0.760. The Morgan fingerprint density at radius 1 is 1.53 bits per heavy atom. The summed E-state index contributed by atoms with van der Waals surface area (Å²) in [6.07, 6.45) is 0. The standard InChI is InChI=1S/C13H18BrN3O.HI/c1-9(2)7-16-13(15)17-8-10-4-5-11(14)6-12(10)18-3;/h4-6H,1,7-8H2,2-3H3,(H3,15,16,17);1H. The molecule has 0 fully saturated rings. The number of benzene rings is 1. The summed E-state index contributed by atoms with van der Waals surface area (Å²) < 4.78 is 6.25. The molecule has 0 spiro atoms. The van der Waals surface area contributed by atoms with Crippen LogP contribution in [-0.2, 0) is 6.54 Å². The van der Waals surface area contributed by atoms with Crippen LogP contribution in [0.15, 0.2) is 39.8 Å². The highest BCUT2D eigenvalue weighted by Crippen LogP contribution is 2.23. The molecule has 0 atom stereocenters. The third-order valence-electron chi connectivity index (χ3n) is 2.24. The van der Waals surface area contributed by atoms with Gasteiger partial charge in [-0.1, -0.05) is 34.1 Å². The molecule has 6 heteroatoms. The molecular formula is C13H19BrIN3O. The Kier molecular flexibility index (Phi) is 8.82. The van der Waals surface area contributed by atoms with Gasteiger partial charge in [0.2, 0.25) is 0 Å². The lowest BCUT2D eigenvalue weighted by Gasteiger charge is -2.08. The van der Waals surface area contributed by atoms with Crippen LogP contribution >= 0.6 is 39.9 Å². The zero-order valence-corrected chi connectivity index (χ0v) is 15.0. The van der Waals surface area contributed by atoms with Crippen LogP contribution in [0.3, 0.4) is 0 Å². The third kappa shape index (κ3) is 6.81. The van der Waals surface area contributed by atoms with Crippen molar-refractivity contribution in [2.24, 2.45) is 10.7 Å². The van der Waals surface area contributed by atoms with Crippen molar-refractivity contribution in [1.29, 1.82) is 0 Å². The van der Waals surface area contributed by atoms with E-state index in [1.807, 2.05) is 25.1 Å². The molecule has 3 N–H and O–H groups in total. The average Bonchev–Trinajstić information content (AvgIpc) is 2.34. The van der Waals surface area contributed by atoms with Crippen molar-refractivity contribution >= 4 is 45.9 Å². The molecule has 1 rings (SSSR count). The molecule has 0 saturated carbocycles. The largest absolute Gasteiger partial charge is 0.496 e. The fourth-order valence-corrected chi connectivity index (χ4v) is 1.66. The highest BCUT2D eigenvalue weighted by atomic mass is 127. The second-order valence-electron chi connectivity index (χ2n) is 3.97. The Balaban J connectivity index is 0.00000324. The summed E-state index contributed by atoms with van der Waals surface area (Å²) in [7, 11) is 1.64. The van der Waals surface area contributed by atoms with Crippen molar-refractivity contribution in [1.82, 2.24) is 5.32 Å². The first-order chi connectivity index (χ1) is 8.52. The molecule has 0 heterocycles. The zero-order valence-electron chi connectivity index (χ0n) is 11.1. The van der Waals surface area contributed by atoms with E-state index in [0.29, 0.717) is 19.0 Å². The number of nitrogens with one attached hydrogen (secondary N) is 1. The number of hydrogen-bond acceptors (Lipinski definition) is 2. The fourth-order valence-electron chi connectivity index (χ4n) is 1.32.